The Bertz CT molecular complexity index is 379. The summed E-state index contributed by atoms with van der Waals surface area (Å²) in [5.74, 6) is -0.621. The lowest BCUT2D eigenvalue weighted by Crippen LogP contribution is -2.36. The predicted octanol–water partition coefficient (Wildman–Crippen LogP) is 0.430. The Balaban J connectivity index is 0.00000256. The Morgan fingerprint density at radius 2 is 1.76 bits per heavy atom. The van der Waals surface area contributed by atoms with Crippen molar-refractivity contribution in [3.63, 3.8) is 0 Å². The van der Waals surface area contributed by atoms with Gasteiger partial charge in [-0.2, -0.15) is 0 Å². The minimum Gasteiger partial charge on any atom is -0.346 e. The number of nitrogens with two attached hydrogens (primary N) is 1. The SMILES string of the molecule is Cc1ccc(NC(=O)CNC(=O)CN)cc1.Cl. The van der Waals surface area contributed by atoms with Gasteiger partial charge in [0.25, 0.3) is 0 Å². The Morgan fingerprint density at radius 3 is 2.29 bits per heavy atom. The predicted molar refractivity (Wildman–Crippen MR) is 69.1 cm³/mol. The van der Waals surface area contributed by atoms with E-state index < -0.39 is 0 Å². The fraction of sp³-hybridized carbons (Fsp3) is 0.273. The summed E-state index contributed by atoms with van der Waals surface area (Å²) in [7, 11) is 0. The summed E-state index contributed by atoms with van der Waals surface area (Å²) in [5, 5.41) is 5.04. The summed E-state index contributed by atoms with van der Waals surface area (Å²) >= 11 is 0. The van der Waals surface area contributed by atoms with E-state index >= 15 is 0 Å². The standard InChI is InChI=1S/C11H15N3O2.ClH/c1-8-2-4-9(5-3-8)14-11(16)7-13-10(15)6-12;/h2-5H,6-7,12H2,1H3,(H,13,15)(H,14,16);1H. The number of rotatable bonds is 4. The molecule has 0 atom stereocenters. The van der Waals surface area contributed by atoms with E-state index in [0.717, 1.165) is 5.56 Å². The number of benzene rings is 1. The second kappa shape index (κ2) is 7.65. The molecule has 1 rings (SSSR count). The molecule has 0 unspecified atom stereocenters. The van der Waals surface area contributed by atoms with E-state index in [1.54, 1.807) is 12.1 Å². The number of hydrogen-bond donors (Lipinski definition) is 3. The largest absolute Gasteiger partial charge is 0.346 e. The second-order valence-electron chi connectivity index (χ2n) is 3.40. The van der Waals surface area contributed by atoms with Gasteiger partial charge in [0.2, 0.25) is 11.8 Å². The van der Waals surface area contributed by atoms with Crippen molar-refractivity contribution in [2.24, 2.45) is 5.73 Å². The maximum Gasteiger partial charge on any atom is 0.243 e. The summed E-state index contributed by atoms with van der Waals surface area (Å²) in [6, 6.07) is 7.40. The molecule has 0 aliphatic heterocycles. The molecule has 0 saturated heterocycles. The first kappa shape index (κ1) is 15.4. The molecule has 2 amide bonds. The zero-order valence-corrected chi connectivity index (χ0v) is 10.3. The van der Waals surface area contributed by atoms with Crippen LogP contribution in [0.1, 0.15) is 5.56 Å². The van der Waals surface area contributed by atoms with E-state index in [-0.39, 0.29) is 37.3 Å². The average Bonchev–Trinajstić information content (AvgIpc) is 2.29. The van der Waals surface area contributed by atoms with Crippen LogP contribution in [0, 0.1) is 6.92 Å². The molecule has 0 aromatic heterocycles. The molecule has 1 aromatic carbocycles. The van der Waals surface area contributed by atoms with Gasteiger partial charge in [-0.05, 0) is 19.1 Å². The van der Waals surface area contributed by atoms with Gasteiger partial charge >= 0.3 is 0 Å². The molecule has 0 bridgehead atoms. The number of carbonyl (C=O) groups is 2. The van der Waals surface area contributed by atoms with Crippen LogP contribution in [0.3, 0.4) is 0 Å². The molecule has 0 radical (unpaired) electrons. The maximum atomic E-state index is 11.4. The molecule has 1 aromatic rings. The molecule has 0 fully saturated rings. The van der Waals surface area contributed by atoms with Crippen LogP contribution < -0.4 is 16.4 Å². The first-order valence-electron chi connectivity index (χ1n) is 4.95. The Hall–Kier alpha value is -1.59. The molecule has 17 heavy (non-hydrogen) atoms. The molecule has 0 heterocycles. The highest BCUT2D eigenvalue weighted by Crippen LogP contribution is 2.07. The van der Waals surface area contributed by atoms with Crippen molar-refractivity contribution in [1.29, 1.82) is 0 Å². The maximum absolute atomic E-state index is 11.4. The van der Waals surface area contributed by atoms with Crippen molar-refractivity contribution in [2.45, 2.75) is 6.92 Å². The minimum atomic E-state index is -0.348. The molecular formula is C11H16ClN3O2. The lowest BCUT2D eigenvalue weighted by atomic mass is 10.2. The van der Waals surface area contributed by atoms with E-state index in [1.807, 2.05) is 19.1 Å². The highest BCUT2D eigenvalue weighted by molar-refractivity contribution is 5.94. The zero-order chi connectivity index (χ0) is 12.0. The smallest absolute Gasteiger partial charge is 0.243 e. The number of hydrogen-bond acceptors (Lipinski definition) is 3. The lowest BCUT2D eigenvalue weighted by Gasteiger charge is -2.06. The van der Waals surface area contributed by atoms with Crippen molar-refractivity contribution in [3.8, 4) is 0 Å². The highest BCUT2D eigenvalue weighted by atomic mass is 35.5. The third kappa shape index (κ3) is 5.89. The Kier molecular flexibility index (Phi) is 6.93. The van der Waals surface area contributed by atoms with Crippen molar-refractivity contribution in [1.82, 2.24) is 5.32 Å². The number of carbonyl (C=O) groups excluding carboxylic acids is 2. The van der Waals surface area contributed by atoms with Gasteiger partial charge in [-0.3, -0.25) is 9.59 Å². The van der Waals surface area contributed by atoms with Gasteiger partial charge in [0.05, 0.1) is 13.1 Å². The van der Waals surface area contributed by atoms with Crippen LogP contribution in [0.15, 0.2) is 24.3 Å². The van der Waals surface area contributed by atoms with Gasteiger partial charge in [-0.15, -0.1) is 12.4 Å². The van der Waals surface area contributed by atoms with Crippen molar-refractivity contribution >= 4 is 29.9 Å². The third-order valence-corrected chi connectivity index (χ3v) is 1.97. The number of halogens is 1. The highest BCUT2D eigenvalue weighted by Gasteiger charge is 2.03. The molecule has 0 saturated carbocycles. The van der Waals surface area contributed by atoms with E-state index in [9.17, 15) is 9.59 Å². The van der Waals surface area contributed by atoms with Gasteiger partial charge in [0.15, 0.2) is 0 Å². The molecule has 0 aliphatic carbocycles. The molecule has 0 aliphatic rings. The summed E-state index contributed by atoms with van der Waals surface area (Å²) < 4.78 is 0. The number of amides is 2. The number of nitrogens with one attached hydrogen (secondary N) is 2. The quantitative estimate of drug-likeness (QED) is 0.731. The number of aryl methyl sites for hydroxylation is 1. The van der Waals surface area contributed by atoms with Crippen LogP contribution in [0.4, 0.5) is 5.69 Å². The average molecular weight is 258 g/mol. The van der Waals surface area contributed by atoms with E-state index in [0.29, 0.717) is 5.69 Å². The molecular weight excluding hydrogens is 242 g/mol. The lowest BCUT2D eigenvalue weighted by molar-refractivity contribution is -0.123. The van der Waals surface area contributed by atoms with Crippen LogP contribution in [-0.4, -0.2) is 24.9 Å². The molecule has 6 heteroatoms. The summed E-state index contributed by atoms with van der Waals surface area (Å²) in [4.78, 5) is 22.1. The zero-order valence-electron chi connectivity index (χ0n) is 9.53. The molecule has 0 spiro atoms. The van der Waals surface area contributed by atoms with E-state index in [2.05, 4.69) is 10.6 Å². The van der Waals surface area contributed by atoms with E-state index in [4.69, 9.17) is 5.73 Å². The van der Waals surface area contributed by atoms with Crippen molar-refractivity contribution < 1.29 is 9.59 Å². The van der Waals surface area contributed by atoms with Crippen LogP contribution in [0.25, 0.3) is 0 Å². The van der Waals surface area contributed by atoms with E-state index in [1.165, 1.54) is 0 Å². The Labute approximate surface area is 106 Å². The molecule has 4 N–H and O–H groups in total. The topological polar surface area (TPSA) is 84.2 Å². The van der Waals surface area contributed by atoms with Crippen LogP contribution in [0.2, 0.25) is 0 Å². The minimum absolute atomic E-state index is 0. The fourth-order valence-electron chi connectivity index (χ4n) is 1.09. The number of anilines is 1. The summed E-state index contributed by atoms with van der Waals surface area (Å²) in [6.07, 6.45) is 0. The summed E-state index contributed by atoms with van der Waals surface area (Å²) in [6.45, 7) is 1.79. The second-order valence-corrected chi connectivity index (χ2v) is 3.40. The van der Waals surface area contributed by atoms with Crippen LogP contribution >= 0.6 is 12.4 Å². The first-order chi connectivity index (χ1) is 7.61. The first-order valence-corrected chi connectivity index (χ1v) is 4.95. The third-order valence-electron chi connectivity index (χ3n) is 1.97. The van der Waals surface area contributed by atoms with Crippen LogP contribution in [-0.2, 0) is 9.59 Å². The monoisotopic (exact) mass is 257 g/mol. The Morgan fingerprint density at radius 1 is 1.18 bits per heavy atom. The van der Waals surface area contributed by atoms with Crippen molar-refractivity contribution in [3.05, 3.63) is 29.8 Å². The van der Waals surface area contributed by atoms with Crippen molar-refractivity contribution in [2.75, 3.05) is 18.4 Å². The molecule has 94 valence electrons. The van der Waals surface area contributed by atoms with Gasteiger partial charge < -0.3 is 16.4 Å². The molecule has 5 nitrogen and oxygen atoms in total. The normalized spacial score (nSPS) is 9.06. The van der Waals surface area contributed by atoms with Gasteiger partial charge in [-0.1, -0.05) is 17.7 Å². The summed E-state index contributed by atoms with van der Waals surface area (Å²) in [5.41, 5.74) is 6.91. The fourth-order valence-corrected chi connectivity index (χ4v) is 1.09. The van der Waals surface area contributed by atoms with Gasteiger partial charge in [0, 0.05) is 5.69 Å². The van der Waals surface area contributed by atoms with Gasteiger partial charge in [0.1, 0.15) is 0 Å². The van der Waals surface area contributed by atoms with Crippen LogP contribution in [0.5, 0.6) is 0 Å². The van der Waals surface area contributed by atoms with Gasteiger partial charge in [-0.25, -0.2) is 0 Å².